The highest BCUT2D eigenvalue weighted by atomic mass is 32.1. The summed E-state index contributed by atoms with van der Waals surface area (Å²) in [6, 6.07) is 3.43. The molecule has 2 amide bonds. The van der Waals surface area contributed by atoms with Crippen molar-refractivity contribution < 1.29 is 9.59 Å². The maximum absolute atomic E-state index is 12.4. The lowest BCUT2D eigenvalue weighted by Crippen LogP contribution is -2.49. The molecular weight excluding hydrogens is 260 g/mol. The SMILES string of the molecule is CC(C)N1CCCCC(NC(=O)c2cccs2)C1=O. The molecule has 1 saturated heterocycles. The lowest BCUT2D eigenvalue weighted by Gasteiger charge is -2.28. The van der Waals surface area contributed by atoms with Gasteiger partial charge in [-0.05, 0) is 44.6 Å². The first kappa shape index (κ1) is 14.1. The summed E-state index contributed by atoms with van der Waals surface area (Å²) in [5.41, 5.74) is 0. The van der Waals surface area contributed by atoms with Crippen LogP contribution in [0.5, 0.6) is 0 Å². The van der Waals surface area contributed by atoms with Crippen molar-refractivity contribution in [2.24, 2.45) is 0 Å². The third-order valence-electron chi connectivity index (χ3n) is 3.40. The van der Waals surface area contributed by atoms with E-state index in [4.69, 9.17) is 0 Å². The molecule has 0 spiro atoms. The van der Waals surface area contributed by atoms with Gasteiger partial charge in [0, 0.05) is 12.6 Å². The Labute approximate surface area is 117 Å². The molecule has 1 aliphatic rings. The Bertz CT molecular complexity index is 442. The van der Waals surface area contributed by atoms with Crippen molar-refractivity contribution in [2.75, 3.05) is 6.54 Å². The summed E-state index contributed by atoms with van der Waals surface area (Å²) in [6.45, 7) is 4.82. The minimum absolute atomic E-state index is 0.0532. The van der Waals surface area contributed by atoms with E-state index in [0.29, 0.717) is 4.88 Å². The summed E-state index contributed by atoms with van der Waals surface area (Å²) in [7, 11) is 0. The molecule has 4 nitrogen and oxygen atoms in total. The number of likely N-dealkylation sites (tertiary alicyclic amines) is 1. The van der Waals surface area contributed by atoms with Crippen LogP contribution >= 0.6 is 11.3 Å². The number of carbonyl (C=O) groups is 2. The van der Waals surface area contributed by atoms with Crippen molar-refractivity contribution in [2.45, 2.75) is 45.2 Å². The van der Waals surface area contributed by atoms with E-state index >= 15 is 0 Å². The third kappa shape index (κ3) is 3.35. The Hall–Kier alpha value is -1.36. The molecule has 1 aromatic rings. The lowest BCUT2D eigenvalue weighted by molar-refractivity contribution is -0.134. The van der Waals surface area contributed by atoms with Gasteiger partial charge in [0.15, 0.2) is 0 Å². The van der Waals surface area contributed by atoms with E-state index in [1.807, 2.05) is 30.2 Å². The Kier molecular flexibility index (Phi) is 4.58. The smallest absolute Gasteiger partial charge is 0.261 e. The maximum atomic E-state index is 12.4. The van der Waals surface area contributed by atoms with Crippen LogP contribution in [-0.4, -0.2) is 35.3 Å². The van der Waals surface area contributed by atoms with Crippen molar-refractivity contribution in [1.82, 2.24) is 10.2 Å². The zero-order valence-corrected chi connectivity index (χ0v) is 12.2. The van der Waals surface area contributed by atoms with Crippen molar-refractivity contribution in [1.29, 1.82) is 0 Å². The first-order chi connectivity index (χ1) is 9.09. The molecule has 0 bridgehead atoms. The predicted octanol–water partition coefficient (Wildman–Crippen LogP) is 2.27. The van der Waals surface area contributed by atoms with Crippen LogP contribution < -0.4 is 5.32 Å². The number of nitrogens with one attached hydrogen (secondary N) is 1. The number of hydrogen-bond acceptors (Lipinski definition) is 3. The normalized spacial score (nSPS) is 20.5. The molecule has 104 valence electrons. The van der Waals surface area contributed by atoms with Gasteiger partial charge >= 0.3 is 0 Å². The van der Waals surface area contributed by atoms with Crippen LogP contribution in [-0.2, 0) is 4.79 Å². The molecule has 0 saturated carbocycles. The summed E-state index contributed by atoms with van der Waals surface area (Å²) in [6.07, 6.45) is 2.72. The van der Waals surface area contributed by atoms with Crippen molar-refractivity contribution >= 4 is 23.2 Å². The van der Waals surface area contributed by atoms with Gasteiger partial charge in [0.1, 0.15) is 6.04 Å². The van der Waals surface area contributed by atoms with Gasteiger partial charge in [-0.25, -0.2) is 0 Å². The van der Waals surface area contributed by atoms with Crippen LogP contribution in [0.15, 0.2) is 17.5 Å². The number of amides is 2. The molecule has 2 heterocycles. The highest BCUT2D eigenvalue weighted by molar-refractivity contribution is 7.12. The molecule has 1 N–H and O–H groups in total. The Balaban J connectivity index is 2.05. The zero-order valence-electron chi connectivity index (χ0n) is 11.4. The summed E-state index contributed by atoms with van der Waals surface area (Å²) >= 11 is 1.40. The van der Waals surface area contributed by atoms with Crippen LogP contribution in [0.1, 0.15) is 42.8 Å². The van der Waals surface area contributed by atoms with Crippen LogP contribution in [0.3, 0.4) is 0 Å². The highest BCUT2D eigenvalue weighted by Gasteiger charge is 2.29. The van der Waals surface area contributed by atoms with Gasteiger partial charge in [-0.15, -0.1) is 11.3 Å². The van der Waals surface area contributed by atoms with Gasteiger partial charge in [0.2, 0.25) is 5.91 Å². The monoisotopic (exact) mass is 280 g/mol. The summed E-state index contributed by atoms with van der Waals surface area (Å²) in [5.74, 6) is -0.0867. The summed E-state index contributed by atoms with van der Waals surface area (Å²) < 4.78 is 0. The Morgan fingerprint density at radius 3 is 2.89 bits per heavy atom. The van der Waals surface area contributed by atoms with Crippen molar-refractivity contribution in [3.8, 4) is 0 Å². The standard InChI is InChI=1S/C14H20N2O2S/c1-10(2)16-8-4-3-6-11(14(16)18)15-13(17)12-7-5-9-19-12/h5,7,9-11H,3-4,6,8H2,1-2H3,(H,15,17). The largest absolute Gasteiger partial charge is 0.340 e. The van der Waals surface area contributed by atoms with Crippen LogP contribution in [0.25, 0.3) is 0 Å². The fourth-order valence-corrected chi connectivity index (χ4v) is 2.98. The molecule has 1 aliphatic heterocycles. The molecule has 19 heavy (non-hydrogen) atoms. The highest BCUT2D eigenvalue weighted by Crippen LogP contribution is 2.16. The molecule has 1 aromatic heterocycles. The average molecular weight is 280 g/mol. The predicted molar refractivity (Wildman–Crippen MR) is 76.3 cm³/mol. The van der Waals surface area contributed by atoms with E-state index in [2.05, 4.69) is 5.32 Å². The molecule has 5 heteroatoms. The number of thiophene rings is 1. The van der Waals surface area contributed by atoms with Crippen LogP contribution in [0.2, 0.25) is 0 Å². The van der Waals surface area contributed by atoms with E-state index < -0.39 is 0 Å². The van der Waals surface area contributed by atoms with Crippen LogP contribution in [0, 0.1) is 0 Å². The zero-order chi connectivity index (χ0) is 13.8. The number of rotatable bonds is 3. The first-order valence-electron chi connectivity index (χ1n) is 6.74. The fraction of sp³-hybridized carbons (Fsp3) is 0.571. The fourth-order valence-electron chi connectivity index (χ4n) is 2.35. The van der Waals surface area contributed by atoms with E-state index in [9.17, 15) is 9.59 Å². The first-order valence-corrected chi connectivity index (χ1v) is 7.62. The lowest BCUT2D eigenvalue weighted by atomic mass is 10.1. The average Bonchev–Trinajstić information content (AvgIpc) is 2.84. The molecular formula is C14H20N2O2S. The van der Waals surface area contributed by atoms with E-state index in [-0.39, 0.29) is 23.9 Å². The Morgan fingerprint density at radius 1 is 1.47 bits per heavy atom. The molecule has 1 unspecified atom stereocenters. The van der Waals surface area contributed by atoms with Crippen LogP contribution in [0.4, 0.5) is 0 Å². The Morgan fingerprint density at radius 2 is 2.26 bits per heavy atom. The van der Waals surface area contributed by atoms with Gasteiger partial charge in [0.05, 0.1) is 4.88 Å². The maximum Gasteiger partial charge on any atom is 0.261 e. The van der Waals surface area contributed by atoms with Crippen molar-refractivity contribution in [3.63, 3.8) is 0 Å². The second kappa shape index (κ2) is 6.19. The van der Waals surface area contributed by atoms with Gasteiger partial charge < -0.3 is 10.2 Å². The van der Waals surface area contributed by atoms with E-state index in [0.717, 1.165) is 25.8 Å². The molecule has 2 rings (SSSR count). The minimum Gasteiger partial charge on any atom is -0.340 e. The molecule has 0 radical (unpaired) electrons. The number of hydrogen-bond donors (Lipinski definition) is 1. The molecule has 1 fully saturated rings. The second-order valence-electron chi connectivity index (χ2n) is 5.12. The molecule has 1 atom stereocenters. The quantitative estimate of drug-likeness (QED) is 0.923. The topological polar surface area (TPSA) is 49.4 Å². The van der Waals surface area contributed by atoms with E-state index in [1.165, 1.54) is 11.3 Å². The van der Waals surface area contributed by atoms with E-state index in [1.54, 1.807) is 6.07 Å². The van der Waals surface area contributed by atoms with Gasteiger partial charge in [-0.1, -0.05) is 6.07 Å². The number of nitrogens with zero attached hydrogens (tertiary/aromatic N) is 1. The van der Waals surface area contributed by atoms with Gasteiger partial charge in [-0.3, -0.25) is 9.59 Å². The van der Waals surface area contributed by atoms with Gasteiger partial charge in [0.25, 0.3) is 5.91 Å². The second-order valence-corrected chi connectivity index (χ2v) is 6.07. The summed E-state index contributed by atoms with van der Waals surface area (Å²) in [4.78, 5) is 27.0. The van der Waals surface area contributed by atoms with Gasteiger partial charge in [-0.2, -0.15) is 0 Å². The minimum atomic E-state index is -0.375. The summed E-state index contributed by atoms with van der Waals surface area (Å²) in [5, 5.41) is 4.74. The molecule has 0 aliphatic carbocycles. The number of carbonyl (C=O) groups excluding carboxylic acids is 2. The third-order valence-corrected chi connectivity index (χ3v) is 4.27. The molecule has 0 aromatic carbocycles. The van der Waals surface area contributed by atoms with Crippen molar-refractivity contribution in [3.05, 3.63) is 22.4 Å².